The van der Waals surface area contributed by atoms with E-state index >= 15 is 0 Å². The molecule has 1 aliphatic rings. The zero-order valence-electron chi connectivity index (χ0n) is 8.38. The first kappa shape index (κ1) is 8.96. The number of nitrogens with two attached hydrogens (primary N) is 1. The number of benzene rings is 1. The Morgan fingerprint density at radius 2 is 2.38 bits per heavy atom. The quantitative estimate of drug-likeness (QED) is 0.774. The van der Waals surface area contributed by atoms with Gasteiger partial charge >= 0.3 is 0 Å². The molecule has 80 valence electrons. The minimum atomic E-state index is -0.445. The van der Waals surface area contributed by atoms with Crippen LogP contribution >= 0.6 is 0 Å². The maximum Gasteiger partial charge on any atom is 0.248 e. The fraction of sp³-hybridized carbons (Fsp3) is 0.0909. The molecule has 0 spiro atoms. The van der Waals surface area contributed by atoms with E-state index in [1.54, 1.807) is 24.6 Å². The summed E-state index contributed by atoms with van der Waals surface area (Å²) < 4.78 is 7.08. The van der Waals surface area contributed by atoms with E-state index in [4.69, 9.17) is 10.5 Å². The van der Waals surface area contributed by atoms with E-state index in [1.807, 2.05) is 10.6 Å². The van der Waals surface area contributed by atoms with Crippen LogP contribution < -0.4 is 5.73 Å². The van der Waals surface area contributed by atoms with Crippen molar-refractivity contribution < 1.29 is 9.53 Å². The Morgan fingerprint density at radius 3 is 3.19 bits per heavy atom. The number of rotatable bonds is 1. The highest BCUT2D eigenvalue weighted by molar-refractivity contribution is 5.96. The second-order valence-corrected chi connectivity index (χ2v) is 3.56. The van der Waals surface area contributed by atoms with Crippen LogP contribution in [-0.4, -0.2) is 15.5 Å². The van der Waals surface area contributed by atoms with Crippen molar-refractivity contribution in [2.45, 2.75) is 6.61 Å². The summed E-state index contributed by atoms with van der Waals surface area (Å²) in [6.45, 7) is 0.442. The number of hydrogen-bond donors (Lipinski definition) is 1. The number of amides is 1. The maximum atomic E-state index is 11.0. The Morgan fingerprint density at radius 1 is 1.50 bits per heavy atom. The molecule has 0 aliphatic carbocycles. The first-order valence-electron chi connectivity index (χ1n) is 4.84. The fourth-order valence-corrected chi connectivity index (χ4v) is 1.80. The number of carbonyl (C=O) groups excluding carboxylic acids is 1. The van der Waals surface area contributed by atoms with Crippen molar-refractivity contribution in [3.8, 4) is 0 Å². The fourth-order valence-electron chi connectivity index (χ4n) is 1.80. The van der Waals surface area contributed by atoms with Gasteiger partial charge in [0.2, 0.25) is 5.91 Å². The summed E-state index contributed by atoms with van der Waals surface area (Å²) in [5.41, 5.74) is 7.38. The smallest absolute Gasteiger partial charge is 0.248 e. The number of fused-ring (bicyclic) bond motifs is 3. The van der Waals surface area contributed by atoms with Gasteiger partial charge in [-0.3, -0.25) is 9.36 Å². The minimum Gasteiger partial charge on any atom is -0.492 e. The number of primary amides is 1. The highest BCUT2D eigenvalue weighted by atomic mass is 16.5. The van der Waals surface area contributed by atoms with Crippen molar-refractivity contribution >= 4 is 23.1 Å². The van der Waals surface area contributed by atoms with Crippen molar-refractivity contribution in [3.63, 3.8) is 0 Å². The molecule has 1 aromatic carbocycles. The third-order valence-electron chi connectivity index (χ3n) is 2.57. The second-order valence-electron chi connectivity index (χ2n) is 3.56. The molecule has 0 unspecified atom stereocenters. The van der Waals surface area contributed by atoms with Crippen molar-refractivity contribution in [1.82, 2.24) is 9.55 Å². The molecule has 1 amide bonds. The van der Waals surface area contributed by atoms with Crippen molar-refractivity contribution in [2.24, 2.45) is 5.73 Å². The highest BCUT2D eigenvalue weighted by Crippen LogP contribution is 2.21. The normalized spacial score (nSPS) is 13.5. The van der Waals surface area contributed by atoms with Crippen molar-refractivity contribution in [1.29, 1.82) is 0 Å². The summed E-state index contributed by atoms with van der Waals surface area (Å²) in [5, 5.41) is 0. The first-order chi connectivity index (χ1) is 7.75. The van der Waals surface area contributed by atoms with E-state index in [-0.39, 0.29) is 0 Å². The molecule has 0 bridgehead atoms. The van der Waals surface area contributed by atoms with Crippen LogP contribution in [0.5, 0.6) is 0 Å². The lowest BCUT2D eigenvalue weighted by molar-refractivity contribution is 0.100. The molecule has 2 aromatic rings. The van der Waals surface area contributed by atoms with Gasteiger partial charge in [0.05, 0.1) is 11.0 Å². The maximum absolute atomic E-state index is 11.0. The first-order valence-corrected chi connectivity index (χ1v) is 4.84. The van der Waals surface area contributed by atoms with Gasteiger partial charge in [-0.1, -0.05) is 0 Å². The van der Waals surface area contributed by atoms with Crippen molar-refractivity contribution in [3.05, 3.63) is 35.8 Å². The van der Waals surface area contributed by atoms with Crippen LogP contribution in [-0.2, 0) is 11.3 Å². The van der Waals surface area contributed by atoms with Crippen LogP contribution in [0.2, 0.25) is 0 Å². The monoisotopic (exact) mass is 215 g/mol. The Bertz CT molecular complexity index is 613. The molecule has 0 saturated heterocycles. The number of ether oxygens (including phenoxy) is 1. The summed E-state index contributed by atoms with van der Waals surface area (Å²) in [6, 6.07) is 5.22. The molecule has 0 fully saturated rings. The summed E-state index contributed by atoms with van der Waals surface area (Å²) in [7, 11) is 0. The van der Waals surface area contributed by atoms with E-state index in [0.717, 1.165) is 16.9 Å². The molecule has 5 heteroatoms. The lowest BCUT2D eigenvalue weighted by Crippen LogP contribution is -2.10. The summed E-state index contributed by atoms with van der Waals surface area (Å²) in [4.78, 5) is 15.4. The van der Waals surface area contributed by atoms with Crippen LogP contribution in [0.4, 0.5) is 0 Å². The average Bonchev–Trinajstić information content (AvgIpc) is 2.66. The Hall–Kier alpha value is -2.30. The largest absolute Gasteiger partial charge is 0.492 e. The minimum absolute atomic E-state index is 0.442. The number of imidazole rings is 1. The van der Waals surface area contributed by atoms with Gasteiger partial charge in [0.15, 0.2) is 5.82 Å². The third-order valence-corrected chi connectivity index (χ3v) is 2.57. The van der Waals surface area contributed by atoms with Gasteiger partial charge in [-0.05, 0) is 18.2 Å². The third kappa shape index (κ3) is 1.18. The van der Waals surface area contributed by atoms with Gasteiger partial charge in [0, 0.05) is 11.8 Å². The molecule has 2 N–H and O–H groups in total. The van der Waals surface area contributed by atoms with Crippen LogP contribution in [0.15, 0.2) is 24.5 Å². The van der Waals surface area contributed by atoms with Gasteiger partial charge in [-0.15, -0.1) is 0 Å². The van der Waals surface area contributed by atoms with E-state index < -0.39 is 5.91 Å². The van der Waals surface area contributed by atoms with Gasteiger partial charge in [0.1, 0.15) is 12.9 Å². The number of nitrogens with zero attached hydrogens (tertiary/aromatic N) is 2. The molecule has 0 radical (unpaired) electrons. The Kier molecular flexibility index (Phi) is 1.73. The van der Waals surface area contributed by atoms with E-state index in [0.29, 0.717) is 12.2 Å². The lowest BCUT2D eigenvalue weighted by atomic mass is 10.2. The second kappa shape index (κ2) is 3.10. The van der Waals surface area contributed by atoms with Crippen LogP contribution in [0.1, 0.15) is 16.2 Å². The van der Waals surface area contributed by atoms with Gasteiger partial charge in [0.25, 0.3) is 0 Å². The zero-order valence-corrected chi connectivity index (χ0v) is 8.38. The van der Waals surface area contributed by atoms with Gasteiger partial charge < -0.3 is 10.5 Å². The number of carbonyl (C=O) groups is 1. The number of aromatic nitrogens is 2. The summed E-state index contributed by atoms with van der Waals surface area (Å²) in [5.74, 6) is 0.374. The standard InChI is InChI=1S/C11H9N3O2/c12-11(15)7-1-2-9-8(5-7)13-10-6-16-4-3-14(9)10/h1-5H,6H2,(H2,12,15). The molecule has 16 heavy (non-hydrogen) atoms. The van der Waals surface area contributed by atoms with E-state index in [9.17, 15) is 4.79 Å². The Labute approximate surface area is 91.1 Å². The molecular weight excluding hydrogens is 206 g/mol. The molecular formula is C11H9N3O2. The van der Waals surface area contributed by atoms with E-state index in [1.165, 1.54) is 0 Å². The lowest BCUT2D eigenvalue weighted by Gasteiger charge is -2.08. The molecule has 3 rings (SSSR count). The number of hydrogen-bond acceptors (Lipinski definition) is 3. The van der Waals surface area contributed by atoms with Crippen LogP contribution in [0.3, 0.4) is 0 Å². The molecule has 1 aromatic heterocycles. The van der Waals surface area contributed by atoms with Crippen LogP contribution in [0, 0.1) is 0 Å². The molecule has 2 heterocycles. The van der Waals surface area contributed by atoms with Crippen LogP contribution in [0.25, 0.3) is 17.2 Å². The predicted octanol–water partition coefficient (Wildman–Crippen LogP) is 1.09. The Balaban J connectivity index is 2.27. The summed E-state index contributed by atoms with van der Waals surface area (Å²) >= 11 is 0. The molecule has 1 aliphatic heterocycles. The van der Waals surface area contributed by atoms with Gasteiger partial charge in [-0.25, -0.2) is 4.98 Å². The topological polar surface area (TPSA) is 70.1 Å². The van der Waals surface area contributed by atoms with Gasteiger partial charge in [-0.2, -0.15) is 0 Å². The molecule has 0 atom stereocenters. The predicted molar refractivity (Wildman–Crippen MR) is 58.4 cm³/mol. The SMILES string of the molecule is NC(=O)c1ccc2c(c1)nc1n2C=COC1. The average molecular weight is 215 g/mol. The summed E-state index contributed by atoms with van der Waals surface area (Å²) in [6.07, 6.45) is 3.42. The molecule has 5 nitrogen and oxygen atoms in total. The van der Waals surface area contributed by atoms with Crippen molar-refractivity contribution in [2.75, 3.05) is 0 Å². The highest BCUT2D eigenvalue weighted by Gasteiger charge is 2.13. The van der Waals surface area contributed by atoms with E-state index in [2.05, 4.69) is 4.98 Å². The molecule has 0 saturated carbocycles. The zero-order chi connectivity index (χ0) is 11.1.